The number of rotatable bonds is 6. The third-order valence-electron chi connectivity index (χ3n) is 4.94. The molecule has 1 amide bonds. The van der Waals surface area contributed by atoms with Crippen molar-refractivity contribution >= 4 is 24.2 Å². The molecule has 0 spiro atoms. The Kier molecular flexibility index (Phi) is 7.27. The number of carbonyl (C=O) groups is 1. The van der Waals surface area contributed by atoms with Gasteiger partial charge >= 0.3 is 0 Å². The zero-order chi connectivity index (χ0) is 20.0. The second-order valence-electron chi connectivity index (χ2n) is 7.09. The maximum absolute atomic E-state index is 12.7. The normalized spacial score (nSPS) is 17.3. The van der Waals surface area contributed by atoms with Crippen LogP contribution >= 0.6 is 12.6 Å². The van der Waals surface area contributed by atoms with Crippen molar-refractivity contribution < 1.29 is 4.79 Å². The van der Waals surface area contributed by atoms with Crippen molar-refractivity contribution in [3.05, 3.63) is 71.4 Å². The number of benzene rings is 1. The van der Waals surface area contributed by atoms with Crippen LogP contribution in [0.3, 0.4) is 0 Å². The summed E-state index contributed by atoms with van der Waals surface area (Å²) in [5.41, 5.74) is 5.31. The molecule has 0 fully saturated rings. The molecule has 1 atom stereocenters. The number of hydrogen-bond donors (Lipinski definition) is 2. The second kappa shape index (κ2) is 9.43. The topological polar surface area (TPSA) is 52.9 Å². The monoisotopic (exact) mass is 378 g/mol. The van der Waals surface area contributed by atoms with Crippen LogP contribution in [0.5, 0.6) is 0 Å². The predicted molar refractivity (Wildman–Crippen MR) is 115 cm³/mol. The van der Waals surface area contributed by atoms with Crippen molar-refractivity contribution in [2.24, 2.45) is 5.92 Å². The smallest absolute Gasteiger partial charge is 0.251 e. The lowest BCUT2D eigenvalue weighted by molar-refractivity contribution is -0.113. The molecule has 27 heavy (non-hydrogen) atoms. The fraction of sp³-hybridized carbons (Fsp3) is 0.304. The first-order valence-corrected chi connectivity index (χ1v) is 9.50. The number of nitrogens with zero attached hydrogens (tertiary/aromatic N) is 1. The van der Waals surface area contributed by atoms with Gasteiger partial charge in [0.25, 0.3) is 5.91 Å². The van der Waals surface area contributed by atoms with Crippen LogP contribution in [0, 0.1) is 24.2 Å². The van der Waals surface area contributed by atoms with Crippen LogP contribution in [0.2, 0.25) is 0 Å². The van der Waals surface area contributed by atoms with Gasteiger partial charge in [-0.05, 0) is 74.8 Å². The van der Waals surface area contributed by atoms with Crippen LogP contribution in [0.25, 0.3) is 0 Å². The highest BCUT2D eigenvalue weighted by molar-refractivity contribution is 7.80. The van der Waals surface area contributed by atoms with Crippen LogP contribution in [-0.4, -0.2) is 5.91 Å². The van der Waals surface area contributed by atoms with Gasteiger partial charge in [-0.25, -0.2) is 0 Å². The molecule has 3 nitrogen and oxygen atoms in total. The summed E-state index contributed by atoms with van der Waals surface area (Å²) < 4.78 is 0. The first kappa shape index (κ1) is 20.8. The highest BCUT2D eigenvalue weighted by atomic mass is 32.1. The Morgan fingerprint density at radius 2 is 2.19 bits per heavy atom. The number of amides is 1. The first-order chi connectivity index (χ1) is 12.8. The Hall–Kier alpha value is -2.51. The summed E-state index contributed by atoms with van der Waals surface area (Å²) in [5, 5.41) is 11.9. The van der Waals surface area contributed by atoms with Crippen LogP contribution in [0.15, 0.2) is 70.7 Å². The van der Waals surface area contributed by atoms with E-state index in [4.69, 9.17) is 5.26 Å². The highest BCUT2D eigenvalue weighted by Crippen LogP contribution is 2.34. The Bertz CT molecular complexity index is 871. The maximum Gasteiger partial charge on any atom is 0.251 e. The number of allylic oxidation sites excluding steroid dienone is 5. The Balaban J connectivity index is 2.05. The minimum absolute atomic E-state index is 0.0279. The van der Waals surface area contributed by atoms with E-state index in [0.29, 0.717) is 11.5 Å². The zero-order valence-electron chi connectivity index (χ0n) is 16.0. The lowest BCUT2D eigenvalue weighted by atomic mass is 9.80. The van der Waals surface area contributed by atoms with E-state index in [1.807, 2.05) is 38.1 Å². The number of nitriles is 1. The van der Waals surface area contributed by atoms with E-state index in [-0.39, 0.29) is 5.91 Å². The molecular weight excluding hydrogens is 352 g/mol. The van der Waals surface area contributed by atoms with Crippen LogP contribution in [0.4, 0.5) is 5.69 Å². The van der Waals surface area contributed by atoms with Gasteiger partial charge in [0.05, 0.1) is 6.07 Å². The summed E-state index contributed by atoms with van der Waals surface area (Å²) in [6, 6.07) is 7.77. The van der Waals surface area contributed by atoms with E-state index in [9.17, 15) is 4.79 Å². The number of hydrogen-bond acceptors (Lipinski definition) is 3. The minimum atomic E-state index is -0.0279. The van der Waals surface area contributed by atoms with Crippen LogP contribution in [0.1, 0.15) is 38.2 Å². The van der Waals surface area contributed by atoms with Crippen molar-refractivity contribution in [1.82, 2.24) is 0 Å². The zero-order valence-corrected chi connectivity index (χ0v) is 16.9. The molecule has 4 heteroatoms. The van der Waals surface area contributed by atoms with E-state index in [1.54, 1.807) is 12.2 Å². The van der Waals surface area contributed by atoms with Gasteiger partial charge in [0.1, 0.15) is 0 Å². The molecule has 1 N–H and O–H groups in total. The quantitative estimate of drug-likeness (QED) is 0.367. The fourth-order valence-corrected chi connectivity index (χ4v) is 3.60. The fourth-order valence-electron chi connectivity index (χ4n) is 3.39. The van der Waals surface area contributed by atoms with E-state index < -0.39 is 0 Å². The van der Waals surface area contributed by atoms with Crippen molar-refractivity contribution in [3.8, 4) is 6.07 Å². The second-order valence-corrected chi connectivity index (χ2v) is 7.57. The van der Waals surface area contributed by atoms with Gasteiger partial charge in [0.15, 0.2) is 0 Å². The molecule has 0 aliphatic heterocycles. The Morgan fingerprint density at radius 3 is 2.78 bits per heavy atom. The van der Waals surface area contributed by atoms with Crippen LogP contribution < -0.4 is 5.32 Å². The standard InChI is InChI=1S/C23H26N2OS/c1-5-18(10-15(2)14-24)12-19-7-9-21(17(4)11-19)23(26)25-20-8-6-16(3)22(27)13-20/h5-6,8,10,13,19,27H,1-2,7,9,11-12H2,3-4H3,(H,25,26)/b18-10+. The molecule has 0 heterocycles. The van der Waals surface area contributed by atoms with E-state index in [0.717, 1.165) is 58.5 Å². The van der Waals surface area contributed by atoms with Crippen molar-refractivity contribution in [3.63, 3.8) is 0 Å². The van der Waals surface area contributed by atoms with Gasteiger partial charge in [-0.2, -0.15) is 5.26 Å². The Morgan fingerprint density at radius 1 is 1.44 bits per heavy atom. The van der Waals surface area contributed by atoms with Gasteiger partial charge in [-0.15, -0.1) is 12.6 Å². The van der Waals surface area contributed by atoms with E-state index in [1.165, 1.54) is 0 Å². The molecule has 0 aromatic heterocycles. The maximum atomic E-state index is 12.7. The average Bonchev–Trinajstić information content (AvgIpc) is 2.64. The minimum Gasteiger partial charge on any atom is -0.322 e. The molecule has 1 aromatic rings. The molecule has 0 radical (unpaired) electrons. The van der Waals surface area contributed by atoms with Crippen molar-refractivity contribution in [2.45, 2.75) is 44.4 Å². The average molecular weight is 379 g/mol. The summed E-state index contributed by atoms with van der Waals surface area (Å²) in [4.78, 5) is 13.5. The molecule has 0 bridgehead atoms. The summed E-state index contributed by atoms with van der Waals surface area (Å²) in [6.45, 7) is 11.6. The molecule has 140 valence electrons. The molecule has 0 saturated heterocycles. The third-order valence-corrected chi connectivity index (χ3v) is 5.43. The van der Waals surface area contributed by atoms with Gasteiger partial charge in [0, 0.05) is 21.7 Å². The van der Waals surface area contributed by atoms with Gasteiger partial charge in [-0.1, -0.05) is 30.9 Å². The molecule has 1 aliphatic rings. The number of nitrogens with one attached hydrogen (secondary N) is 1. The molecule has 1 unspecified atom stereocenters. The number of aryl methyl sites for hydroxylation is 1. The summed E-state index contributed by atoms with van der Waals surface area (Å²) in [5.74, 6) is 0.417. The van der Waals surface area contributed by atoms with Crippen molar-refractivity contribution in [1.29, 1.82) is 5.26 Å². The largest absolute Gasteiger partial charge is 0.322 e. The third kappa shape index (κ3) is 5.74. The summed E-state index contributed by atoms with van der Waals surface area (Å²) in [6.07, 6.45) is 6.99. The van der Waals surface area contributed by atoms with Gasteiger partial charge in [0.2, 0.25) is 0 Å². The number of thiol groups is 1. The van der Waals surface area contributed by atoms with Gasteiger partial charge in [-0.3, -0.25) is 4.79 Å². The van der Waals surface area contributed by atoms with Gasteiger partial charge < -0.3 is 5.32 Å². The molecule has 1 aliphatic carbocycles. The highest BCUT2D eigenvalue weighted by Gasteiger charge is 2.23. The molecular formula is C23H26N2OS. The molecule has 1 aromatic carbocycles. The first-order valence-electron chi connectivity index (χ1n) is 9.05. The predicted octanol–water partition coefficient (Wildman–Crippen LogP) is 5.92. The number of anilines is 1. The van der Waals surface area contributed by atoms with E-state index >= 15 is 0 Å². The Labute approximate surface area is 167 Å². The number of carbonyl (C=O) groups excluding carboxylic acids is 1. The lowest BCUT2D eigenvalue weighted by Gasteiger charge is -2.25. The summed E-state index contributed by atoms with van der Waals surface area (Å²) >= 11 is 4.42. The lowest BCUT2D eigenvalue weighted by Crippen LogP contribution is -2.20. The summed E-state index contributed by atoms with van der Waals surface area (Å²) in [7, 11) is 0. The van der Waals surface area contributed by atoms with E-state index in [2.05, 4.69) is 31.1 Å². The molecule has 2 rings (SSSR count). The molecule has 0 saturated carbocycles. The SMILES string of the molecule is C=C/C(=C\C(=C)C#N)CC1CCC(C(=O)Nc2ccc(C)c(S)c2)=C(C)C1. The van der Waals surface area contributed by atoms with Crippen LogP contribution in [-0.2, 0) is 4.79 Å². The van der Waals surface area contributed by atoms with Crippen molar-refractivity contribution in [2.75, 3.05) is 5.32 Å².